The van der Waals surface area contributed by atoms with Crippen LogP contribution in [0.25, 0.3) is 0 Å². The lowest BCUT2D eigenvalue weighted by Gasteiger charge is -2.06. The van der Waals surface area contributed by atoms with E-state index < -0.39 is 0 Å². The van der Waals surface area contributed by atoms with Crippen molar-refractivity contribution in [3.63, 3.8) is 0 Å². The molecule has 0 saturated heterocycles. The Morgan fingerprint density at radius 2 is 2.10 bits per heavy atom. The number of rotatable bonds is 2. The molecule has 0 spiro atoms. The zero-order valence-corrected chi connectivity index (χ0v) is 12.6. The monoisotopic (exact) mass is 324 g/mol. The van der Waals surface area contributed by atoms with Crippen molar-refractivity contribution in [3.05, 3.63) is 50.1 Å². The molecule has 0 aliphatic carbocycles. The summed E-state index contributed by atoms with van der Waals surface area (Å²) >= 11 is 13.2. The van der Waals surface area contributed by atoms with Crippen LogP contribution < -0.4 is 11.1 Å². The van der Waals surface area contributed by atoms with Crippen LogP contribution in [0.3, 0.4) is 0 Å². The zero-order valence-electron chi connectivity index (χ0n) is 10.2. The first-order chi connectivity index (χ1) is 9.61. The Kier molecular flexibility index (Phi) is 5.05. The molecule has 0 aliphatic rings. The molecule has 0 aliphatic heterocycles. The van der Waals surface area contributed by atoms with Crippen LogP contribution in [0.5, 0.6) is 0 Å². The van der Waals surface area contributed by atoms with Crippen molar-refractivity contribution < 1.29 is 4.79 Å². The van der Waals surface area contributed by atoms with Gasteiger partial charge < -0.3 is 11.1 Å². The lowest BCUT2D eigenvalue weighted by atomic mass is 10.3. The number of hydrogen-bond acceptors (Lipinski definition) is 3. The van der Waals surface area contributed by atoms with Crippen molar-refractivity contribution in [3.8, 4) is 11.8 Å². The summed E-state index contributed by atoms with van der Waals surface area (Å²) < 4.78 is 0. The molecule has 3 N–H and O–H groups in total. The Balaban J connectivity index is 2.16. The van der Waals surface area contributed by atoms with E-state index in [2.05, 4.69) is 17.2 Å². The third-order valence-corrected chi connectivity index (χ3v) is 4.16. The van der Waals surface area contributed by atoms with Crippen molar-refractivity contribution in [2.75, 3.05) is 11.9 Å². The third-order valence-electron chi connectivity index (χ3n) is 2.34. The van der Waals surface area contributed by atoms with Gasteiger partial charge in [0, 0.05) is 0 Å². The fourth-order valence-corrected chi connectivity index (χ4v) is 2.57. The molecule has 3 nitrogen and oxygen atoms in total. The van der Waals surface area contributed by atoms with Crippen molar-refractivity contribution >= 4 is 46.1 Å². The molecule has 0 saturated carbocycles. The molecule has 0 bridgehead atoms. The first-order valence-corrected chi connectivity index (χ1v) is 7.23. The topological polar surface area (TPSA) is 55.1 Å². The minimum absolute atomic E-state index is 0.250. The Labute approximate surface area is 130 Å². The first-order valence-electron chi connectivity index (χ1n) is 5.66. The maximum atomic E-state index is 12.1. The average molecular weight is 325 g/mol. The number of carbonyl (C=O) groups is 1. The number of carbonyl (C=O) groups excluding carboxylic acids is 1. The largest absolute Gasteiger partial charge is 0.320 e. The Morgan fingerprint density at radius 1 is 1.30 bits per heavy atom. The van der Waals surface area contributed by atoms with E-state index in [1.54, 1.807) is 30.3 Å². The fourth-order valence-electron chi connectivity index (χ4n) is 1.45. The molecule has 0 radical (unpaired) electrons. The highest BCUT2D eigenvalue weighted by Gasteiger charge is 2.12. The summed E-state index contributed by atoms with van der Waals surface area (Å²) in [5.41, 5.74) is 5.78. The number of nitrogens with one attached hydrogen (secondary N) is 1. The second kappa shape index (κ2) is 6.78. The molecule has 1 heterocycles. The molecule has 102 valence electrons. The predicted octanol–water partition coefficient (Wildman–Crippen LogP) is 3.62. The van der Waals surface area contributed by atoms with E-state index in [0.29, 0.717) is 20.6 Å². The van der Waals surface area contributed by atoms with Gasteiger partial charge in [-0.05, 0) is 24.3 Å². The SMILES string of the molecule is NCC#Cc1ccc(C(=O)Nc2cccc(Cl)c2Cl)s1. The van der Waals surface area contributed by atoms with Crippen LogP contribution in [0.4, 0.5) is 5.69 Å². The average Bonchev–Trinajstić information content (AvgIpc) is 2.90. The summed E-state index contributed by atoms with van der Waals surface area (Å²) in [6.07, 6.45) is 0. The minimum Gasteiger partial charge on any atom is -0.320 e. The maximum absolute atomic E-state index is 12.1. The van der Waals surface area contributed by atoms with E-state index in [1.165, 1.54) is 11.3 Å². The van der Waals surface area contributed by atoms with Gasteiger partial charge in [0.05, 0.1) is 32.0 Å². The van der Waals surface area contributed by atoms with Crippen molar-refractivity contribution in [1.29, 1.82) is 0 Å². The second-order valence-electron chi connectivity index (χ2n) is 3.73. The van der Waals surface area contributed by atoms with E-state index in [-0.39, 0.29) is 12.5 Å². The van der Waals surface area contributed by atoms with E-state index >= 15 is 0 Å². The third kappa shape index (κ3) is 3.53. The molecule has 1 aromatic carbocycles. The van der Waals surface area contributed by atoms with Gasteiger partial charge in [0.1, 0.15) is 0 Å². The highest BCUT2D eigenvalue weighted by molar-refractivity contribution is 7.14. The first kappa shape index (κ1) is 14.9. The molecule has 0 fully saturated rings. The van der Waals surface area contributed by atoms with Gasteiger partial charge in [-0.1, -0.05) is 41.1 Å². The van der Waals surface area contributed by atoms with E-state index in [0.717, 1.165) is 4.88 Å². The van der Waals surface area contributed by atoms with Gasteiger partial charge in [-0.2, -0.15) is 0 Å². The van der Waals surface area contributed by atoms with Crippen LogP contribution >= 0.6 is 34.5 Å². The van der Waals surface area contributed by atoms with Crippen LogP contribution in [-0.2, 0) is 0 Å². The number of thiophene rings is 1. The summed E-state index contributed by atoms with van der Waals surface area (Å²) in [7, 11) is 0. The number of amides is 1. The zero-order chi connectivity index (χ0) is 14.5. The van der Waals surface area contributed by atoms with Crippen LogP contribution in [0.2, 0.25) is 10.0 Å². The smallest absolute Gasteiger partial charge is 0.265 e. The Bertz CT molecular complexity index is 701. The molecule has 20 heavy (non-hydrogen) atoms. The molecule has 2 rings (SSSR count). The molecule has 1 aromatic heterocycles. The van der Waals surface area contributed by atoms with Gasteiger partial charge in [-0.15, -0.1) is 11.3 Å². The minimum atomic E-state index is -0.250. The van der Waals surface area contributed by atoms with E-state index in [1.807, 2.05) is 0 Å². The summed E-state index contributed by atoms with van der Waals surface area (Å²) in [5, 5.41) is 3.43. The van der Waals surface area contributed by atoms with Crippen molar-refractivity contribution in [2.45, 2.75) is 0 Å². The molecule has 0 atom stereocenters. The number of halogens is 2. The molecule has 2 aromatic rings. The Hall–Kier alpha value is -1.51. The van der Waals surface area contributed by atoms with Gasteiger partial charge >= 0.3 is 0 Å². The number of anilines is 1. The van der Waals surface area contributed by atoms with Gasteiger partial charge in [0.2, 0.25) is 0 Å². The highest BCUT2D eigenvalue weighted by Crippen LogP contribution is 2.30. The Morgan fingerprint density at radius 3 is 2.85 bits per heavy atom. The molecule has 1 amide bonds. The highest BCUT2D eigenvalue weighted by atomic mass is 35.5. The van der Waals surface area contributed by atoms with Crippen molar-refractivity contribution in [2.24, 2.45) is 5.73 Å². The molecular formula is C14H10Cl2N2OS. The fraction of sp³-hybridized carbons (Fsp3) is 0.0714. The summed E-state index contributed by atoms with van der Waals surface area (Å²) in [4.78, 5) is 13.4. The van der Waals surface area contributed by atoms with Crippen molar-refractivity contribution in [1.82, 2.24) is 0 Å². The number of nitrogens with two attached hydrogens (primary N) is 1. The van der Waals surface area contributed by atoms with Gasteiger partial charge in [0.25, 0.3) is 5.91 Å². The summed E-state index contributed by atoms with van der Waals surface area (Å²) in [6.45, 7) is 0.289. The standard InChI is InChI=1S/C14H10Cl2N2OS/c15-10-4-1-5-11(13(10)16)18-14(19)12-7-6-9(20-12)3-2-8-17/h1,4-7H,8,17H2,(H,18,19). The van der Waals surface area contributed by atoms with Gasteiger partial charge in [0.15, 0.2) is 0 Å². The normalized spacial score (nSPS) is 9.75. The van der Waals surface area contributed by atoms with E-state index in [9.17, 15) is 4.79 Å². The lowest BCUT2D eigenvalue weighted by molar-refractivity contribution is 0.103. The van der Waals surface area contributed by atoms with Gasteiger partial charge in [-0.3, -0.25) is 4.79 Å². The summed E-state index contributed by atoms with van der Waals surface area (Å²) in [6, 6.07) is 8.55. The van der Waals surface area contributed by atoms with Crippen LogP contribution in [0.1, 0.15) is 14.5 Å². The van der Waals surface area contributed by atoms with Crippen LogP contribution in [0.15, 0.2) is 30.3 Å². The predicted molar refractivity (Wildman–Crippen MR) is 84.7 cm³/mol. The van der Waals surface area contributed by atoms with Gasteiger partial charge in [-0.25, -0.2) is 0 Å². The quantitative estimate of drug-likeness (QED) is 0.829. The molecule has 6 heteroatoms. The van der Waals surface area contributed by atoms with Crippen LogP contribution in [0, 0.1) is 11.8 Å². The van der Waals surface area contributed by atoms with E-state index in [4.69, 9.17) is 28.9 Å². The second-order valence-corrected chi connectivity index (χ2v) is 5.59. The number of benzene rings is 1. The lowest BCUT2D eigenvalue weighted by Crippen LogP contribution is -2.10. The number of hydrogen-bond donors (Lipinski definition) is 2. The van der Waals surface area contributed by atoms with Crippen LogP contribution in [-0.4, -0.2) is 12.5 Å². The molecule has 0 unspecified atom stereocenters. The summed E-state index contributed by atoms with van der Waals surface area (Å²) in [5.74, 6) is 5.37. The molecular weight excluding hydrogens is 315 g/mol. The maximum Gasteiger partial charge on any atom is 0.265 e.